The zero-order valence-electron chi connectivity index (χ0n) is 20.9. The smallest absolute Gasteiger partial charge is 0.411 e. The third kappa shape index (κ3) is 13.1. The minimum Gasteiger partial charge on any atom is -0.459 e. The summed E-state index contributed by atoms with van der Waals surface area (Å²) in [7, 11) is 0. The second-order valence-electron chi connectivity index (χ2n) is 9.36. The van der Waals surface area contributed by atoms with Crippen LogP contribution in [-0.2, 0) is 23.9 Å². The van der Waals surface area contributed by atoms with E-state index < -0.39 is 35.1 Å². The van der Waals surface area contributed by atoms with E-state index in [-0.39, 0.29) is 39.3 Å². The van der Waals surface area contributed by atoms with Crippen molar-refractivity contribution in [3.05, 3.63) is 38.0 Å². The third-order valence-electron chi connectivity index (χ3n) is 3.80. The number of rotatable bonds is 12. The van der Waals surface area contributed by atoms with Crippen molar-refractivity contribution in [2.75, 3.05) is 39.3 Å². The number of esters is 1. The van der Waals surface area contributed by atoms with Crippen LogP contribution in [0.15, 0.2) is 38.0 Å². The van der Waals surface area contributed by atoms with Gasteiger partial charge in [0, 0.05) is 19.6 Å². The molecular weight excluding hydrogens is 426 g/mol. The van der Waals surface area contributed by atoms with Gasteiger partial charge in [-0.05, 0) is 41.5 Å². The van der Waals surface area contributed by atoms with Crippen molar-refractivity contribution < 1.29 is 28.7 Å². The number of hydrogen-bond donors (Lipinski definition) is 0. The average molecular weight is 466 g/mol. The Balaban J connectivity index is 5.40. The molecule has 9 heteroatoms. The predicted octanol–water partition coefficient (Wildman–Crippen LogP) is 2.78. The zero-order valence-corrected chi connectivity index (χ0v) is 20.9. The Labute approximate surface area is 197 Å². The highest BCUT2D eigenvalue weighted by atomic mass is 16.6. The number of nitrogens with zero attached hydrogens (tertiary/aromatic N) is 3. The van der Waals surface area contributed by atoms with Crippen LogP contribution >= 0.6 is 0 Å². The van der Waals surface area contributed by atoms with E-state index in [1.807, 2.05) is 0 Å². The van der Waals surface area contributed by atoms with E-state index in [0.717, 1.165) is 0 Å². The highest BCUT2D eigenvalue weighted by Gasteiger charge is 2.28. The van der Waals surface area contributed by atoms with Gasteiger partial charge in [-0.25, -0.2) is 4.79 Å². The molecule has 0 atom stereocenters. The molecule has 0 aliphatic rings. The summed E-state index contributed by atoms with van der Waals surface area (Å²) in [5.74, 6) is -1.52. The maximum Gasteiger partial charge on any atom is 0.411 e. The molecule has 9 nitrogen and oxygen atoms in total. The van der Waals surface area contributed by atoms with Crippen LogP contribution in [0, 0.1) is 0 Å². The zero-order chi connectivity index (χ0) is 25.8. The van der Waals surface area contributed by atoms with Gasteiger partial charge in [-0.15, -0.1) is 19.7 Å². The van der Waals surface area contributed by atoms with Crippen LogP contribution in [0.2, 0.25) is 0 Å². The average Bonchev–Trinajstić information content (AvgIpc) is 2.63. The number of amides is 3. The minimum atomic E-state index is -0.733. The molecule has 186 valence electrons. The second-order valence-corrected chi connectivity index (χ2v) is 9.36. The fourth-order valence-corrected chi connectivity index (χ4v) is 2.56. The number of hydrogen-bond acceptors (Lipinski definition) is 6. The van der Waals surface area contributed by atoms with Gasteiger partial charge in [0.05, 0.1) is 0 Å². The van der Waals surface area contributed by atoms with Crippen LogP contribution in [0.4, 0.5) is 4.79 Å². The first-order valence-electron chi connectivity index (χ1n) is 10.7. The first-order valence-corrected chi connectivity index (χ1v) is 10.7. The van der Waals surface area contributed by atoms with Crippen LogP contribution in [0.5, 0.6) is 0 Å². The summed E-state index contributed by atoms with van der Waals surface area (Å²) >= 11 is 0. The van der Waals surface area contributed by atoms with Crippen molar-refractivity contribution in [1.29, 1.82) is 0 Å². The Kier molecular flexibility index (Phi) is 12.2. The van der Waals surface area contributed by atoms with Gasteiger partial charge < -0.3 is 19.3 Å². The van der Waals surface area contributed by atoms with Gasteiger partial charge in [0.15, 0.2) is 0 Å². The normalized spacial score (nSPS) is 11.1. The van der Waals surface area contributed by atoms with Crippen LogP contribution in [-0.4, -0.2) is 89.0 Å². The number of ether oxygens (including phenoxy) is 2. The van der Waals surface area contributed by atoms with E-state index in [1.165, 1.54) is 32.9 Å². The molecule has 0 aliphatic heterocycles. The lowest BCUT2D eigenvalue weighted by Gasteiger charge is -2.30. The second kappa shape index (κ2) is 13.4. The molecule has 3 amide bonds. The molecule has 0 radical (unpaired) electrons. The molecule has 0 aliphatic carbocycles. The van der Waals surface area contributed by atoms with Crippen molar-refractivity contribution in [2.24, 2.45) is 0 Å². The van der Waals surface area contributed by atoms with E-state index >= 15 is 0 Å². The standard InChI is InChI=1S/C24H39N3O6/c1-10-13-25(20(29)17-27(15-12-3)22(31)33-24(7,8)9)16-19(28)26(14-11-2)18-21(30)32-23(4,5)6/h10-12H,1-3,13-18H2,4-9H3. The Morgan fingerprint density at radius 1 is 0.636 bits per heavy atom. The molecule has 0 bridgehead atoms. The van der Waals surface area contributed by atoms with E-state index in [4.69, 9.17) is 9.47 Å². The molecule has 0 aromatic heterocycles. The highest BCUT2D eigenvalue weighted by molar-refractivity contribution is 5.89. The molecule has 0 rings (SSSR count). The summed E-state index contributed by atoms with van der Waals surface area (Å²) in [5.41, 5.74) is -1.43. The SMILES string of the molecule is C=CCN(CC(=O)OC(C)(C)C)C(=O)CN(CC=C)C(=O)CN(CC=C)C(=O)OC(C)(C)C. The number of carbonyl (C=O) groups is 4. The monoisotopic (exact) mass is 465 g/mol. The Hall–Kier alpha value is -3.10. The van der Waals surface area contributed by atoms with Crippen molar-refractivity contribution in [3.8, 4) is 0 Å². The van der Waals surface area contributed by atoms with Crippen LogP contribution in [0.3, 0.4) is 0 Å². The Morgan fingerprint density at radius 2 is 1.00 bits per heavy atom. The lowest BCUT2D eigenvalue weighted by atomic mass is 10.2. The molecule has 33 heavy (non-hydrogen) atoms. The Bertz CT molecular complexity index is 733. The highest BCUT2D eigenvalue weighted by Crippen LogP contribution is 2.11. The third-order valence-corrected chi connectivity index (χ3v) is 3.80. The van der Waals surface area contributed by atoms with Gasteiger partial charge in [-0.3, -0.25) is 19.3 Å². The quantitative estimate of drug-likeness (QED) is 0.325. The summed E-state index contributed by atoms with van der Waals surface area (Å²) in [5, 5.41) is 0. The summed E-state index contributed by atoms with van der Waals surface area (Å²) < 4.78 is 10.6. The van der Waals surface area contributed by atoms with Crippen LogP contribution < -0.4 is 0 Å². The maximum absolute atomic E-state index is 12.9. The fourth-order valence-electron chi connectivity index (χ4n) is 2.56. The minimum absolute atomic E-state index is 0.0786. The first kappa shape index (κ1) is 29.9. The van der Waals surface area contributed by atoms with E-state index in [0.29, 0.717) is 0 Å². The van der Waals surface area contributed by atoms with Crippen LogP contribution in [0.25, 0.3) is 0 Å². The van der Waals surface area contributed by atoms with Crippen molar-refractivity contribution >= 4 is 23.9 Å². The van der Waals surface area contributed by atoms with Gasteiger partial charge in [0.1, 0.15) is 30.8 Å². The van der Waals surface area contributed by atoms with Crippen molar-refractivity contribution in [2.45, 2.75) is 52.7 Å². The fraction of sp³-hybridized carbons (Fsp3) is 0.583. The summed E-state index contributed by atoms with van der Waals surface area (Å²) in [6.45, 7) is 20.6. The van der Waals surface area contributed by atoms with Gasteiger partial charge in [0.25, 0.3) is 0 Å². The van der Waals surface area contributed by atoms with Gasteiger partial charge in [-0.1, -0.05) is 18.2 Å². The lowest BCUT2D eigenvalue weighted by Crippen LogP contribution is -2.49. The van der Waals surface area contributed by atoms with E-state index in [2.05, 4.69) is 19.7 Å². The van der Waals surface area contributed by atoms with E-state index in [1.54, 1.807) is 41.5 Å². The maximum atomic E-state index is 12.9. The molecule has 0 saturated heterocycles. The van der Waals surface area contributed by atoms with Crippen molar-refractivity contribution in [3.63, 3.8) is 0 Å². The van der Waals surface area contributed by atoms with Gasteiger partial charge >= 0.3 is 12.1 Å². The molecule has 0 spiro atoms. The van der Waals surface area contributed by atoms with Crippen molar-refractivity contribution in [1.82, 2.24) is 14.7 Å². The number of carbonyl (C=O) groups excluding carboxylic acids is 4. The Morgan fingerprint density at radius 3 is 1.39 bits per heavy atom. The molecule has 0 aromatic rings. The molecular formula is C24H39N3O6. The van der Waals surface area contributed by atoms with E-state index in [9.17, 15) is 19.2 Å². The topological polar surface area (TPSA) is 96.5 Å². The molecule has 0 N–H and O–H groups in total. The predicted molar refractivity (Wildman–Crippen MR) is 127 cm³/mol. The summed E-state index contributed by atoms with van der Waals surface area (Å²) in [4.78, 5) is 54.1. The lowest BCUT2D eigenvalue weighted by molar-refractivity contribution is -0.159. The molecule has 0 unspecified atom stereocenters. The molecule has 0 fully saturated rings. The van der Waals surface area contributed by atoms with Gasteiger partial charge in [-0.2, -0.15) is 0 Å². The molecule has 0 aromatic carbocycles. The summed E-state index contributed by atoms with van der Waals surface area (Å²) in [6.07, 6.45) is 3.77. The summed E-state index contributed by atoms with van der Waals surface area (Å²) in [6, 6.07) is 0. The first-order chi connectivity index (χ1) is 15.1. The van der Waals surface area contributed by atoms with Gasteiger partial charge in [0.2, 0.25) is 11.8 Å². The van der Waals surface area contributed by atoms with Crippen LogP contribution in [0.1, 0.15) is 41.5 Å². The largest absolute Gasteiger partial charge is 0.459 e. The molecule has 0 heterocycles. The molecule has 0 saturated carbocycles.